The second-order valence-electron chi connectivity index (χ2n) is 4.78. The van der Waals surface area contributed by atoms with E-state index in [0.717, 1.165) is 37.6 Å². The van der Waals surface area contributed by atoms with Gasteiger partial charge < -0.3 is 14.2 Å². The van der Waals surface area contributed by atoms with Crippen LogP contribution in [0, 0.1) is 0 Å². The van der Waals surface area contributed by atoms with Crippen LogP contribution in [0.3, 0.4) is 0 Å². The maximum atomic E-state index is 11.6. The fraction of sp³-hybridized carbons (Fsp3) is 0.923. The molecule has 2 aliphatic rings. The van der Waals surface area contributed by atoms with Crippen molar-refractivity contribution in [2.24, 2.45) is 0 Å². The Morgan fingerprint density at radius 1 is 1.17 bits per heavy atom. The summed E-state index contributed by atoms with van der Waals surface area (Å²) in [5.74, 6) is 2.50. The first-order valence-electron chi connectivity index (χ1n) is 6.83. The van der Waals surface area contributed by atoms with Gasteiger partial charge in [0.2, 0.25) is 5.75 Å². The summed E-state index contributed by atoms with van der Waals surface area (Å²) in [6, 6.07) is 0. The van der Waals surface area contributed by atoms with Gasteiger partial charge in [0.05, 0.1) is 25.9 Å². The molecule has 1 aliphatic carbocycles. The lowest BCUT2D eigenvalue weighted by Crippen LogP contribution is -2.32. The number of carbonyl (C=O) groups is 1. The van der Waals surface area contributed by atoms with Crippen molar-refractivity contribution in [2.45, 2.75) is 31.8 Å². The highest BCUT2D eigenvalue weighted by atomic mass is 32.2. The van der Waals surface area contributed by atoms with Crippen LogP contribution in [0.15, 0.2) is 0 Å². The Morgan fingerprint density at radius 2 is 1.89 bits per heavy atom. The maximum absolute atomic E-state index is 11.6. The lowest BCUT2D eigenvalue weighted by molar-refractivity contribution is -0.142. The van der Waals surface area contributed by atoms with E-state index in [1.165, 1.54) is 12.8 Å². The maximum Gasteiger partial charge on any atom is 0.356 e. The fourth-order valence-corrected chi connectivity index (χ4v) is 3.95. The third-order valence-electron chi connectivity index (χ3n) is 3.36. The molecule has 0 aromatic heterocycles. The van der Waals surface area contributed by atoms with Gasteiger partial charge in [-0.3, -0.25) is 0 Å². The van der Waals surface area contributed by atoms with Crippen LogP contribution in [0.4, 0.5) is 0 Å². The lowest BCUT2D eigenvalue weighted by atomic mass is 10.3. The Kier molecular flexibility index (Phi) is 6.31. The molecule has 1 saturated carbocycles. The van der Waals surface area contributed by atoms with Crippen molar-refractivity contribution in [3.8, 4) is 0 Å². The van der Waals surface area contributed by atoms with E-state index in [-0.39, 0.29) is 16.9 Å². The van der Waals surface area contributed by atoms with E-state index >= 15 is 0 Å². The van der Waals surface area contributed by atoms with Crippen molar-refractivity contribution in [1.29, 1.82) is 0 Å². The smallest absolute Gasteiger partial charge is 0.356 e. The van der Waals surface area contributed by atoms with E-state index in [4.69, 9.17) is 14.2 Å². The van der Waals surface area contributed by atoms with Gasteiger partial charge >= 0.3 is 5.97 Å². The van der Waals surface area contributed by atoms with Crippen LogP contribution in [0.25, 0.3) is 0 Å². The normalized spacial score (nSPS) is 22.2. The van der Waals surface area contributed by atoms with E-state index in [2.05, 4.69) is 0 Å². The molecule has 2 rings (SSSR count). The molecule has 1 aliphatic heterocycles. The second-order valence-corrected chi connectivity index (χ2v) is 7.10. The average molecular weight is 275 g/mol. The number of ether oxygens (including phenoxy) is 3. The van der Waals surface area contributed by atoms with E-state index in [9.17, 15) is 4.79 Å². The third kappa shape index (κ3) is 5.16. The molecule has 0 spiro atoms. The molecule has 0 aromatic rings. The largest absolute Gasteiger partial charge is 0.460 e. The number of hydrogen-bond acceptors (Lipinski definition) is 4. The van der Waals surface area contributed by atoms with Crippen molar-refractivity contribution in [3.05, 3.63) is 0 Å². The van der Waals surface area contributed by atoms with Gasteiger partial charge in [0.1, 0.15) is 18.1 Å². The molecule has 0 bridgehead atoms. The molecule has 5 heteroatoms. The number of esters is 1. The second kappa shape index (κ2) is 8.02. The Balaban J connectivity index is 1.48. The minimum absolute atomic E-state index is 0.0738. The van der Waals surface area contributed by atoms with Crippen molar-refractivity contribution in [3.63, 3.8) is 0 Å². The van der Waals surface area contributed by atoms with Gasteiger partial charge in [0, 0.05) is 10.9 Å². The summed E-state index contributed by atoms with van der Waals surface area (Å²) < 4.78 is 16.1. The van der Waals surface area contributed by atoms with Gasteiger partial charge in [-0.25, -0.2) is 4.79 Å². The summed E-state index contributed by atoms with van der Waals surface area (Å²) in [4.78, 5) is 11.6. The predicted octanol–water partition coefficient (Wildman–Crippen LogP) is 1.14. The molecule has 0 atom stereocenters. The van der Waals surface area contributed by atoms with Crippen molar-refractivity contribution in [1.82, 2.24) is 0 Å². The first kappa shape index (κ1) is 14.2. The van der Waals surface area contributed by atoms with E-state index < -0.39 is 0 Å². The quantitative estimate of drug-likeness (QED) is 0.414. The van der Waals surface area contributed by atoms with Gasteiger partial charge in [-0.2, -0.15) is 0 Å². The molecule has 0 radical (unpaired) electrons. The zero-order chi connectivity index (χ0) is 12.6. The van der Waals surface area contributed by atoms with Gasteiger partial charge in [0.25, 0.3) is 0 Å². The molecule has 18 heavy (non-hydrogen) atoms. The van der Waals surface area contributed by atoms with Crippen LogP contribution in [0.2, 0.25) is 0 Å². The van der Waals surface area contributed by atoms with Crippen LogP contribution < -0.4 is 0 Å². The molecule has 1 saturated heterocycles. The van der Waals surface area contributed by atoms with E-state index in [1.807, 2.05) is 0 Å². The minimum atomic E-state index is -0.0738. The van der Waals surface area contributed by atoms with Crippen LogP contribution in [-0.4, -0.2) is 55.8 Å². The molecular formula is C13H23O4S+. The minimum Gasteiger partial charge on any atom is -0.460 e. The Labute approximate surface area is 112 Å². The summed E-state index contributed by atoms with van der Waals surface area (Å²) in [7, 11) is 0.177. The number of hydrogen-bond donors (Lipinski definition) is 0. The van der Waals surface area contributed by atoms with Crippen LogP contribution >= 0.6 is 0 Å². The lowest BCUT2D eigenvalue weighted by Gasteiger charge is -2.14. The third-order valence-corrected chi connectivity index (χ3v) is 5.49. The SMILES string of the molecule is O=C(C[S+]1CCOCC1)OCCOC1CCCC1. The Bertz CT molecular complexity index is 247. The Morgan fingerprint density at radius 3 is 2.61 bits per heavy atom. The fourth-order valence-electron chi connectivity index (χ4n) is 2.34. The molecule has 0 aromatic carbocycles. The van der Waals surface area contributed by atoms with Crippen LogP contribution in [0.5, 0.6) is 0 Å². The highest BCUT2D eigenvalue weighted by Gasteiger charge is 2.26. The zero-order valence-corrected chi connectivity index (χ0v) is 11.7. The monoisotopic (exact) mass is 275 g/mol. The number of rotatable bonds is 6. The highest BCUT2D eigenvalue weighted by molar-refractivity contribution is 7.97. The Hall–Kier alpha value is -0.260. The highest BCUT2D eigenvalue weighted by Crippen LogP contribution is 2.20. The van der Waals surface area contributed by atoms with Crippen molar-refractivity contribution in [2.75, 3.05) is 43.7 Å². The van der Waals surface area contributed by atoms with Gasteiger partial charge in [-0.05, 0) is 12.8 Å². The van der Waals surface area contributed by atoms with Gasteiger partial charge in [-0.1, -0.05) is 12.8 Å². The van der Waals surface area contributed by atoms with Crippen LogP contribution in [0.1, 0.15) is 25.7 Å². The standard InChI is InChI=1S/C13H23O4S/c14-13(11-18-9-7-15-8-10-18)17-6-5-16-12-3-1-2-4-12/h12H,1-11H2/q+1. The first-order valence-corrected chi connectivity index (χ1v) is 8.57. The summed E-state index contributed by atoms with van der Waals surface area (Å²) in [5.41, 5.74) is 0. The summed E-state index contributed by atoms with van der Waals surface area (Å²) >= 11 is 0. The summed E-state index contributed by atoms with van der Waals surface area (Å²) in [6.07, 6.45) is 5.28. The van der Waals surface area contributed by atoms with Gasteiger partial charge in [-0.15, -0.1) is 0 Å². The molecule has 0 unspecified atom stereocenters. The van der Waals surface area contributed by atoms with E-state index in [0.29, 0.717) is 25.1 Å². The molecule has 4 nitrogen and oxygen atoms in total. The molecule has 0 amide bonds. The zero-order valence-electron chi connectivity index (χ0n) is 10.9. The molecule has 2 fully saturated rings. The first-order chi connectivity index (χ1) is 8.84. The topological polar surface area (TPSA) is 44.8 Å². The van der Waals surface area contributed by atoms with E-state index in [1.54, 1.807) is 0 Å². The molecule has 1 heterocycles. The summed E-state index contributed by atoms with van der Waals surface area (Å²) in [5, 5.41) is 0. The van der Waals surface area contributed by atoms with Gasteiger partial charge in [0.15, 0.2) is 0 Å². The van der Waals surface area contributed by atoms with Crippen molar-refractivity contribution >= 4 is 16.9 Å². The molecule has 104 valence electrons. The van der Waals surface area contributed by atoms with Crippen LogP contribution in [-0.2, 0) is 29.9 Å². The molecular weight excluding hydrogens is 252 g/mol. The van der Waals surface area contributed by atoms with Crippen molar-refractivity contribution < 1.29 is 19.0 Å². The average Bonchev–Trinajstić information content (AvgIpc) is 2.89. The summed E-state index contributed by atoms with van der Waals surface area (Å²) in [6.45, 7) is 2.54. The number of carbonyl (C=O) groups excluding carboxylic acids is 1. The molecule has 0 N–H and O–H groups in total. The predicted molar refractivity (Wildman–Crippen MR) is 72.0 cm³/mol.